The number of ether oxygens (including phenoxy) is 1. The molecule has 0 amide bonds. The van der Waals surface area contributed by atoms with Crippen LogP contribution >= 0.6 is 23.4 Å². The second kappa shape index (κ2) is 12.6. The Kier molecular flexibility index (Phi) is 10.5. The van der Waals surface area contributed by atoms with Gasteiger partial charge in [0.15, 0.2) is 6.61 Å². The number of carbonyl (C=O) groups is 1. The van der Waals surface area contributed by atoms with Crippen LogP contribution in [0.3, 0.4) is 0 Å². The van der Waals surface area contributed by atoms with Crippen molar-refractivity contribution in [3.05, 3.63) is 52.5 Å². The van der Waals surface area contributed by atoms with E-state index in [0.717, 1.165) is 28.9 Å². The van der Waals surface area contributed by atoms with Gasteiger partial charge in [0.05, 0.1) is 4.90 Å². The number of nitrogens with zero attached hydrogens (tertiary/aromatic N) is 1. The number of carboxylic acid groups (broad SMARTS) is 1. The summed E-state index contributed by atoms with van der Waals surface area (Å²) in [7, 11) is -3.68. The van der Waals surface area contributed by atoms with Gasteiger partial charge in [-0.05, 0) is 61.2 Å². The maximum Gasteiger partial charge on any atom is 0.341 e. The first kappa shape index (κ1) is 27.5. The van der Waals surface area contributed by atoms with Crippen molar-refractivity contribution in [1.29, 1.82) is 0 Å². The molecular weight excluding hydrogens is 482 g/mol. The molecule has 1 N–H and O–H groups in total. The zero-order chi connectivity index (χ0) is 24.6. The number of hydrogen-bond acceptors (Lipinski definition) is 5. The third kappa shape index (κ3) is 7.91. The first-order chi connectivity index (χ1) is 15.6. The van der Waals surface area contributed by atoms with E-state index in [4.69, 9.17) is 21.4 Å². The molecule has 1 atom stereocenters. The average Bonchev–Trinajstić information content (AvgIpc) is 2.74. The lowest BCUT2D eigenvalue weighted by molar-refractivity contribution is -0.139. The van der Waals surface area contributed by atoms with Gasteiger partial charge < -0.3 is 9.84 Å². The van der Waals surface area contributed by atoms with Crippen molar-refractivity contribution in [2.45, 2.75) is 62.0 Å². The van der Waals surface area contributed by atoms with Crippen LogP contribution in [0.4, 0.5) is 0 Å². The highest BCUT2D eigenvalue weighted by Crippen LogP contribution is 2.30. The van der Waals surface area contributed by atoms with Crippen LogP contribution in [0.25, 0.3) is 0 Å². The molecule has 0 spiro atoms. The Bertz CT molecular complexity index is 1060. The standard InChI is InChI=1S/C24H32ClNO5S2/c1-5-7-19-8-10-21(14-22(19)25)33(29,30)26(12-6-2)15-18(4)32-20-9-11-23(17(3)13-20)31-16-24(27)28/h8-11,13-14,18H,5-7,12,15-16H2,1-4H3,(H,27,28)/t18-/m1/s1. The van der Waals surface area contributed by atoms with Crippen LogP contribution in [-0.2, 0) is 21.2 Å². The van der Waals surface area contributed by atoms with Crippen LogP contribution in [0.2, 0.25) is 5.02 Å². The lowest BCUT2D eigenvalue weighted by Gasteiger charge is -2.25. The Balaban J connectivity index is 2.14. The molecule has 0 saturated heterocycles. The van der Waals surface area contributed by atoms with E-state index >= 15 is 0 Å². The fourth-order valence-corrected chi connectivity index (χ4v) is 6.61. The maximum absolute atomic E-state index is 13.4. The number of hydrogen-bond donors (Lipinski definition) is 1. The monoisotopic (exact) mass is 513 g/mol. The fourth-order valence-electron chi connectivity index (χ4n) is 3.42. The van der Waals surface area contributed by atoms with E-state index in [1.54, 1.807) is 36.0 Å². The molecular formula is C24H32ClNO5S2. The minimum atomic E-state index is -3.68. The van der Waals surface area contributed by atoms with Crippen LogP contribution in [0.5, 0.6) is 5.75 Å². The number of halogens is 1. The van der Waals surface area contributed by atoms with Crippen LogP contribution in [-0.4, -0.2) is 48.7 Å². The highest BCUT2D eigenvalue weighted by molar-refractivity contribution is 8.00. The number of sulfonamides is 1. The van der Waals surface area contributed by atoms with Gasteiger partial charge in [-0.15, -0.1) is 11.8 Å². The topological polar surface area (TPSA) is 83.9 Å². The van der Waals surface area contributed by atoms with Crippen LogP contribution < -0.4 is 4.74 Å². The zero-order valence-corrected chi connectivity index (χ0v) is 21.9. The molecule has 0 aliphatic rings. The van der Waals surface area contributed by atoms with Crippen molar-refractivity contribution in [3.63, 3.8) is 0 Å². The Morgan fingerprint density at radius 1 is 1.18 bits per heavy atom. The third-order valence-corrected chi connectivity index (χ3v) is 8.24. The Labute approximate surface area is 206 Å². The van der Waals surface area contributed by atoms with E-state index in [9.17, 15) is 13.2 Å². The number of benzene rings is 2. The SMILES string of the molecule is CCCc1ccc(S(=O)(=O)N(CCC)C[C@@H](C)Sc2ccc(OCC(=O)O)c(C)c2)cc1Cl. The molecule has 182 valence electrons. The van der Waals surface area contributed by atoms with E-state index in [2.05, 4.69) is 6.92 Å². The summed E-state index contributed by atoms with van der Waals surface area (Å²) < 4.78 is 33.5. The number of thioether (sulfide) groups is 1. The predicted octanol–water partition coefficient (Wildman–Crippen LogP) is 5.65. The minimum Gasteiger partial charge on any atom is -0.482 e. The molecule has 6 nitrogen and oxygen atoms in total. The molecule has 0 saturated carbocycles. The molecule has 0 fully saturated rings. The highest BCUT2D eigenvalue weighted by Gasteiger charge is 2.26. The van der Waals surface area contributed by atoms with E-state index < -0.39 is 22.6 Å². The Hall–Kier alpha value is -1.74. The quantitative estimate of drug-likeness (QED) is 0.349. The Morgan fingerprint density at radius 3 is 2.48 bits per heavy atom. The maximum atomic E-state index is 13.4. The van der Waals surface area contributed by atoms with Gasteiger partial charge in [-0.3, -0.25) is 0 Å². The molecule has 2 aromatic carbocycles. The number of rotatable bonds is 13. The predicted molar refractivity (Wildman–Crippen MR) is 134 cm³/mol. The molecule has 0 radical (unpaired) electrons. The second-order valence-corrected chi connectivity index (χ2v) is 11.8. The van der Waals surface area contributed by atoms with Crippen molar-refractivity contribution in [2.75, 3.05) is 19.7 Å². The second-order valence-electron chi connectivity index (χ2n) is 7.90. The van der Waals surface area contributed by atoms with Gasteiger partial charge in [-0.25, -0.2) is 13.2 Å². The summed E-state index contributed by atoms with van der Waals surface area (Å²) in [4.78, 5) is 11.9. The molecule has 9 heteroatoms. The summed E-state index contributed by atoms with van der Waals surface area (Å²) in [5.41, 5.74) is 1.78. The van der Waals surface area contributed by atoms with Crippen molar-refractivity contribution in [3.8, 4) is 5.75 Å². The number of aliphatic carboxylic acids is 1. The molecule has 0 aliphatic carbocycles. The summed E-state index contributed by atoms with van der Waals surface area (Å²) in [6, 6.07) is 10.5. The van der Waals surface area contributed by atoms with Gasteiger partial charge in [-0.1, -0.05) is 44.9 Å². The summed E-state index contributed by atoms with van der Waals surface area (Å²) in [6.45, 7) is 8.24. The van der Waals surface area contributed by atoms with Crippen molar-refractivity contribution >= 4 is 39.4 Å². The molecule has 2 rings (SSSR count). The normalized spacial score (nSPS) is 12.7. The first-order valence-electron chi connectivity index (χ1n) is 11.0. The minimum absolute atomic E-state index is 0.00801. The van der Waals surface area contributed by atoms with Crippen molar-refractivity contribution in [1.82, 2.24) is 4.31 Å². The zero-order valence-electron chi connectivity index (χ0n) is 19.5. The van der Waals surface area contributed by atoms with Gasteiger partial charge in [-0.2, -0.15) is 4.31 Å². The van der Waals surface area contributed by atoms with E-state index in [1.807, 2.05) is 32.9 Å². The Morgan fingerprint density at radius 2 is 1.91 bits per heavy atom. The van der Waals surface area contributed by atoms with Gasteiger partial charge in [0, 0.05) is 28.3 Å². The van der Waals surface area contributed by atoms with Gasteiger partial charge in [0.1, 0.15) is 5.75 Å². The summed E-state index contributed by atoms with van der Waals surface area (Å²) in [5.74, 6) is -0.507. The highest BCUT2D eigenvalue weighted by atomic mass is 35.5. The van der Waals surface area contributed by atoms with E-state index in [0.29, 0.717) is 30.3 Å². The molecule has 0 heterocycles. The molecule has 0 aromatic heterocycles. The molecule has 2 aromatic rings. The van der Waals surface area contributed by atoms with E-state index in [1.165, 1.54) is 4.31 Å². The average molecular weight is 514 g/mol. The lowest BCUT2D eigenvalue weighted by Crippen LogP contribution is -2.36. The molecule has 0 aliphatic heterocycles. The largest absolute Gasteiger partial charge is 0.482 e. The summed E-state index contributed by atoms with van der Waals surface area (Å²) in [5, 5.41) is 9.25. The van der Waals surface area contributed by atoms with Crippen LogP contribution in [0.1, 0.15) is 44.7 Å². The van der Waals surface area contributed by atoms with Gasteiger partial charge in [0.25, 0.3) is 0 Å². The molecule has 0 bridgehead atoms. The first-order valence-corrected chi connectivity index (χ1v) is 13.7. The number of aryl methyl sites for hydroxylation is 2. The lowest BCUT2D eigenvalue weighted by atomic mass is 10.1. The van der Waals surface area contributed by atoms with Crippen LogP contribution in [0.15, 0.2) is 46.2 Å². The van der Waals surface area contributed by atoms with E-state index in [-0.39, 0.29) is 10.1 Å². The fraction of sp³-hybridized carbons (Fsp3) is 0.458. The van der Waals surface area contributed by atoms with Crippen molar-refractivity contribution < 1.29 is 23.1 Å². The van der Waals surface area contributed by atoms with Crippen molar-refractivity contribution in [2.24, 2.45) is 0 Å². The van der Waals surface area contributed by atoms with Gasteiger partial charge >= 0.3 is 5.97 Å². The van der Waals surface area contributed by atoms with Gasteiger partial charge in [0.2, 0.25) is 10.0 Å². The molecule has 0 unspecified atom stereocenters. The number of carboxylic acids is 1. The summed E-state index contributed by atoms with van der Waals surface area (Å²) >= 11 is 7.91. The third-order valence-electron chi connectivity index (χ3n) is 4.95. The smallest absolute Gasteiger partial charge is 0.341 e. The van der Waals surface area contributed by atoms with Crippen LogP contribution in [0, 0.1) is 6.92 Å². The molecule has 33 heavy (non-hydrogen) atoms. The summed E-state index contributed by atoms with van der Waals surface area (Å²) in [6.07, 6.45) is 2.45.